The normalized spacial score (nSPS) is 43.9. The van der Waals surface area contributed by atoms with Crippen LogP contribution in [-0.2, 0) is 110 Å². The molecule has 10 unspecified atom stereocenters. The monoisotopic (exact) mass is 1170 g/mol. The first-order valence-electron chi connectivity index (χ1n) is 21.4. The molecule has 25 atom stereocenters. The standard InChI is InChI=1S/C33H56N2O35S4/c1-8-9(2)29(67-24-20(41)25(70-74(54,55)56)33(69-27(24)35-44)65-22-13(7-60-73(51,52)53)63-31(57-4)14(34)17(22)38)62-12(6-59-72(48,49)50)21(8)64-32-19(40)18(39)23(26(68-32)28(42)43)66-30-10(3)15(36)16(37)11(61-30)5-58-71(45,46)47/h8-27,29-33,36-41H,5-7,34H2,1-4H3,(H,42,43)(H,45,46,47)(H,48,49,50)(H,51,52,53)(H,54,55,56)/t8-,9?,10?,11?,12?,13?,14?,15-,16-,17-,18-,19?,20?,21+,22-,23+,24+,25?,26?,27-,29-,30-,31+,32-,33-/m1/s1. The van der Waals surface area contributed by atoms with Crippen molar-refractivity contribution in [2.24, 2.45) is 28.7 Å². The van der Waals surface area contributed by atoms with Gasteiger partial charge in [0.05, 0.1) is 38.1 Å². The molecule has 5 rings (SSSR count). The zero-order valence-corrected chi connectivity index (χ0v) is 41.7. The van der Waals surface area contributed by atoms with Crippen molar-refractivity contribution in [3.05, 3.63) is 4.91 Å². The topological polar surface area (TPSA) is 561 Å². The quantitative estimate of drug-likeness (QED) is 0.0354. The predicted octanol–water partition coefficient (Wildman–Crippen LogP) is -7.35. The van der Waals surface area contributed by atoms with Gasteiger partial charge in [0.1, 0.15) is 67.1 Å². The van der Waals surface area contributed by atoms with Crippen LogP contribution in [0.3, 0.4) is 0 Å². The first-order chi connectivity index (χ1) is 34.1. The maximum Gasteiger partial charge on any atom is 0.397 e. The van der Waals surface area contributed by atoms with Gasteiger partial charge >= 0.3 is 47.6 Å². The summed E-state index contributed by atoms with van der Waals surface area (Å²) >= 11 is 0. The molecule has 5 fully saturated rings. The molecule has 0 bridgehead atoms. The van der Waals surface area contributed by atoms with E-state index in [1.807, 2.05) is 0 Å². The number of carboxylic acids is 1. The van der Waals surface area contributed by atoms with Crippen LogP contribution in [0.5, 0.6) is 0 Å². The maximum atomic E-state index is 12.6. The second kappa shape index (κ2) is 24.9. The molecule has 0 radical (unpaired) electrons. The van der Waals surface area contributed by atoms with Crippen molar-refractivity contribution < 1.29 is 157 Å². The van der Waals surface area contributed by atoms with Gasteiger partial charge in [-0.15, -0.1) is 4.91 Å². The average Bonchev–Trinajstić information content (AvgIpc) is 3.29. The number of nitrogens with zero attached hydrogens (tertiary/aromatic N) is 1. The zero-order valence-electron chi connectivity index (χ0n) is 38.4. The lowest BCUT2D eigenvalue weighted by Gasteiger charge is -2.50. The van der Waals surface area contributed by atoms with E-state index in [4.69, 9.17) is 62.2 Å². The van der Waals surface area contributed by atoms with E-state index in [1.165, 1.54) is 20.8 Å². The largest absolute Gasteiger partial charge is 0.479 e. The van der Waals surface area contributed by atoms with Gasteiger partial charge in [-0.25, -0.2) is 21.5 Å². The fourth-order valence-electron chi connectivity index (χ4n) is 8.35. The van der Waals surface area contributed by atoms with Crippen LogP contribution in [0.25, 0.3) is 0 Å². The van der Waals surface area contributed by atoms with Crippen LogP contribution in [0, 0.1) is 22.7 Å². The highest BCUT2D eigenvalue weighted by Crippen LogP contribution is 2.40. The lowest BCUT2D eigenvalue weighted by Crippen LogP contribution is -2.67. The van der Waals surface area contributed by atoms with Crippen molar-refractivity contribution in [2.75, 3.05) is 26.9 Å². The van der Waals surface area contributed by atoms with Crippen LogP contribution >= 0.6 is 0 Å². The molecule has 13 N–H and O–H groups in total. The number of aliphatic carboxylic acids is 1. The van der Waals surface area contributed by atoms with E-state index in [0.29, 0.717) is 0 Å². The summed E-state index contributed by atoms with van der Waals surface area (Å²) in [5, 5.41) is 79.0. The number of carboxylic acid groups (broad SMARTS) is 1. The Morgan fingerprint density at radius 1 is 0.500 bits per heavy atom. The van der Waals surface area contributed by atoms with Gasteiger partial charge in [0.2, 0.25) is 6.23 Å². The molecule has 37 nitrogen and oxygen atoms in total. The maximum absolute atomic E-state index is 12.6. The number of methoxy groups -OCH3 is 1. The van der Waals surface area contributed by atoms with Gasteiger partial charge in [0.25, 0.3) is 0 Å². The molecular weight excluding hydrogens is 1110 g/mol. The van der Waals surface area contributed by atoms with Crippen molar-refractivity contribution in [2.45, 2.75) is 156 Å². The van der Waals surface area contributed by atoms with Gasteiger partial charge < -0.3 is 88.8 Å². The van der Waals surface area contributed by atoms with Crippen LogP contribution in [0.1, 0.15) is 20.8 Å². The summed E-state index contributed by atoms with van der Waals surface area (Å²) in [6, 6.07) is -1.55. The summed E-state index contributed by atoms with van der Waals surface area (Å²) in [4.78, 5) is 24.9. The molecule has 0 aromatic carbocycles. The van der Waals surface area contributed by atoms with Crippen LogP contribution in [0.15, 0.2) is 5.18 Å². The molecule has 74 heavy (non-hydrogen) atoms. The SMILES string of the molecule is CO[C@H]1OC(COS(=O)(=O)O)[C@@H](O[C@@H]2O[C@@H](N=O)[C@@H](O[C@H]3OC(COS(=O)(=O)O)[C@@H](O[C@@H]4OC(C(=O)O)[C@@H](O[C@H]5OC(COS(=O)(=O)O)[C@@H](O)[C@H](O)C5C)[C@H](O)C4O)[C@H](C)C3C)C(O)C2OS(=O)(=O)O)[C@H](O)C1N. The first kappa shape index (κ1) is 62.7. The summed E-state index contributed by atoms with van der Waals surface area (Å²) < 4.78 is 203. The van der Waals surface area contributed by atoms with Crippen molar-refractivity contribution in [3.63, 3.8) is 0 Å². The molecule has 41 heteroatoms. The highest BCUT2D eigenvalue weighted by Gasteiger charge is 2.58. The molecule has 0 aromatic heterocycles. The molecule has 0 spiro atoms. The molecule has 432 valence electrons. The lowest BCUT2D eigenvalue weighted by molar-refractivity contribution is -0.377. The Morgan fingerprint density at radius 2 is 0.973 bits per heavy atom. The van der Waals surface area contributed by atoms with Crippen LogP contribution in [0.4, 0.5) is 0 Å². The number of aliphatic hydroxyl groups excluding tert-OH is 6. The van der Waals surface area contributed by atoms with Gasteiger partial charge in [0, 0.05) is 18.9 Å². The number of hydrogen-bond acceptors (Lipinski definition) is 32. The van der Waals surface area contributed by atoms with Gasteiger partial charge in [-0.3, -0.25) is 18.2 Å². The van der Waals surface area contributed by atoms with Crippen LogP contribution in [-0.4, -0.2) is 256 Å². The highest BCUT2D eigenvalue weighted by atomic mass is 32.3. The second-order valence-electron chi connectivity index (χ2n) is 17.3. The van der Waals surface area contributed by atoms with Crippen molar-refractivity contribution in [1.82, 2.24) is 0 Å². The Morgan fingerprint density at radius 3 is 1.49 bits per heavy atom. The van der Waals surface area contributed by atoms with E-state index in [2.05, 4.69) is 21.9 Å². The van der Waals surface area contributed by atoms with Crippen LogP contribution in [0.2, 0.25) is 0 Å². The first-order valence-corrected chi connectivity index (χ1v) is 26.8. The van der Waals surface area contributed by atoms with Gasteiger partial charge in [-0.05, 0) is 11.1 Å². The zero-order chi connectivity index (χ0) is 55.7. The smallest absolute Gasteiger partial charge is 0.397 e. The minimum atomic E-state index is -5.66. The molecule has 5 saturated heterocycles. The van der Waals surface area contributed by atoms with E-state index in [-0.39, 0.29) is 0 Å². The van der Waals surface area contributed by atoms with E-state index in [1.54, 1.807) is 0 Å². The third kappa shape index (κ3) is 15.8. The van der Waals surface area contributed by atoms with Crippen LogP contribution < -0.4 is 5.73 Å². The Kier molecular flexibility index (Phi) is 21.1. The molecular formula is C33H56N2O35S4. The summed E-state index contributed by atoms with van der Waals surface area (Å²) in [6.07, 6.45) is -43.3. The van der Waals surface area contributed by atoms with Crippen molar-refractivity contribution in [1.29, 1.82) is 0 Å². The number of nitrogens with two attached hydrogens (primary N) is 1. The number of nitroso groups, excluding NO2 is 1. The number of hydrogen-bond donors (Lipinski definition) is 12. The van der Waals surface area contributed by atoms with E-state index < -0.39 is 220 Å². The van der Waals surface area contributed by atoms with Gasteiger partial charge in [0.15, 0.2) is 43.7 Å². The summed E-state index contributed by atoms with van der Waals surface area (Å²) in [7, 11) is -20.3. The second-order valence-corrected chi connectivity index (χ2v) is 21.6. The summed E-state index contributed by atoms with van der Waals surface area (Å²) in [6.45, 7) is 0.395. The Bertz CT molecular complexity index is 2350. The fourth-order valence-corrected chi connectivity index (χ4v) is 9.75. The molecule has 0 aromatic rings. The van der Waals surface area contributed by atoms with Crippen molar-refractivity contribution in [3.8, 4) is 0 Å². The minimum Gasteiger partial charge on any atom is -0.479 e. The summed E-state index contributed by atoms with van der Waals surface area (Å²) in [5.41, 5.74) is 5.95. The van der Waals surface area contributed by atoms with Gasteiger partial charge in [-0.1, -0.05) is 20.8 Å². The average molecular weight is 1170 g/mol. The van der Waals surface area contributed by atoms with E-state index in [0.717, 1.165) is 7.11 Å². The van der Waals surface area contributed by atoms with Gasteiger partial charge in [-0.2, -0.15) is 33.7 Å². The molecule has 5 aliphatic heterocycles. The molecule has 0 saturated carbocycles. The third-order valence-corrected chi connectivity index (χ3v) is 14.1. The Hall–Kier alpha value is -2.13. The van der Waals surface area contributed by atoms with E-state index in [9.17, 15) is 88.2 Å². The lowest BCUT2D eigenvalue weighted by atomic mass is 9.84. The highest BCUT2D eigenvalue weighted by molar-refractivity contribution is 7.81. The van der Waals surface area contributed by atoms with Crippen molar-refractivity contribution >= 4 is 47.6 Å². The predicted molar refractivity (Wildman–Crippen MR) is 224 cm³/mol. The fraction of sp³-hybridized carbons (Fsp3) is 0.970. The third-order valence-electron chi connectivity index (χ3n) is 12.3. The number of ether oxygens (including phenoxy) is 10. The number of rotatable bonds is 22. The molecule has 0 amide bonds. The Labute approximate surface area is 419 Å². The number of carbonyl (C=O) groups is 1. The minimum absolute atomic E-state index is 1.06. The van der Waals surface area contributed by atoms with E-state index >= 15 is 0 Å². The molecule has 0 aliphatic carbocycles. The Balaban J connectivity index is 1.38. The summed E-state index contributed by atoms with van der Waals surface area (Å²) in [5.74, 6) is -5.49. The molecule has 5 heterocycles. The molecule has 5 aliphatic rings. The number of aliphatic hydroxyl groups is 6.